The van der Waals surface area contributed by atoms with Gasteiger partial charge in [-0.3, -0.25) is 4.99 Å². The molecule has 39 heavy (non-hydrogen) atoms. The van der Waals surface area contributed by atoms with Gasteiger partial charge in [-0.15, -0.1) is 0 Å². The van der Waals surface area contributed by atoms with Crippen LogP contribution in [0.1, 0.15) is 38.7 Å². The van der Waals surface area contributed by atoms with E-state index >= 15 is 0 Å². The van der Waals surface area contributed by atoms with Crippen molar-refractivity contribution in [1.29, 1.82) is 0 Å². The molecule has 1 aliphatic carbocycles. The van der Waals surface area contributed by atoms with E-state index < -0.39 is 17.2 Å². The van der Waals surface area contributed by atoms with Crippen molar-refractivity contribution in [2.75, 3.05) is 26.2 Å². The van der Waals surface area contributed by atoms with E-state index in [1.807, 2.05) is 44.3 Å². The Kier molecular flexibility index (Phi) is 8.04. The van der Waals surface area contributed by atoms with E-state index in [1.54, 1.807) is 12.1 Å². The van der Waals surface area contributed by atoms with Crippen molar-refractivity contribution in [2.24, 2.45) is 21.9 Å². The number of rotatable bonds is 6. The van der Waals surface area contributed by atoms with Gasteiger partial charge >= 0.3 is 0 Å². The number of fused-ring (bicyclic) bond motifs is 1. The van der Waals surface area contributed by atoms with Gasteiger partial charge in [0.2, 0.25) is 0 Å². The summed E-state index contributed by atoms with van der Waals surface area (Å²) in [5.41, 5.74) is 10.6. The number of nitrogens with zero attached hydrogens (tertiary/aromatic N) is 5. The number of hydrogen-bond donors (Lipinski definition) is 2. The maximum atomic E-state index is 11.2. The maximum Gasteiger partial charge on any atom is 0.122 e. The van der Waals surface area contributed by atoms with Crippen molar-refractivity contribution in [3.8, 4) is 0 Å². The lowest BCUT2D eigenvalue weighted by atomic mass is 9.76. The minimum atomic E-state index is -1.01. The molecule has 0 aromatic heterocycles. The molecule has 206 valence electrons. The summed E-state index contributed by atoms with van der Waals surface area (Å²) in [5.74, 6) is 0.982. The molecule has 2 N–H and O–H groups in total. The number of aliphatic imine (C=N–C) groups is 1. The molecule has 4 aliphatic rings. The van der Waals surface area contributed by atoms with Crippen molar-refractivity contribution in [3.63, 3.8) is 0 Å². The van der Waals surface area contributed by atoms with Gasteiger partial charge in [-0.2, -0.15) is 0 Å². The smallest absolute Gasteiger partial charge is 0.122 e. The lowest BCUT2D eigenvalue weighted by Crippen LogP contribution is -2.52. The summed E-state index contributed by atoms with van der Waals surface area (Å²) in [6, 6.07) is 7.19. The van der Waals surface area contributed by atoms with Gasteiger partial charge in [0.05, 0.1) is 17.7 Å². The highest BCUT2D eigenvalue weighted by Gasteiger charge is 2.43. The summed E-state index contributed by atoms with van der Waals surface area (Å²) < 4.78 is 6.20. The zero-order valence-corrected chi connectivity index (χ0v) is 23.2. The van der Waals surface area contributed by atoms with Gasteiger partial charge in [-0.1, -0.05) is 47.1 Å². The third kappa shape index (κ3) is 5.72. The minimum Gasteiger partial charge on any atom is -0.491 e. The van der Waals surface area contributed by atoms with Gasteiger partial charge in [0, 0.05) is 41.1 Å². The summed E-state index contributed by atoms with van der Waals surface area (Å²) in [7, 11) is 0. The first-order valence-electron chi connectivity index (χ1n) is 13.6. The molecule has 1 aromatic rings. The standard InChI is InChI=1S/C30H36ClN5O3/c1-29(2,38)21-9-12-27-25(17-21)23(24-5-3-14-33-26(24)19-39-27)6-4-15-36-16-13-30(34-35-32,28(37)18-36)20-7-10-22(31)11-8-20/h3,5-12,14,21,24,26,28,37-38H,4,13,15-19H2,1-2H3/b23-6+. The van der Waals surface area contributed by atoms with Crippen molar-refractivity contribution in [2.45, 2.75) is 56.4 Å². The van der Waals surface area contributed by atoms with Crippen molar-refractivity contribution < 1.29 is 14.9 Å². The van der Waals surface area contributed by atoms with Crippen molar-refractivity contribution in [1.82, 2.24) is 4.90 Å². The van der Waals surface area contributed by atoms with Crippen LogP contribution in [0.3, 0.4) is 0 Å². The van der Waals surface area contributed by atoms with Crippen LogP contribution in [0, 0.1) is 11.8 Å². The van der Waals surface area contributed by atoms with Gasteiger partial charge in [0.25, 0.3) is 0 Å². The number of allylic oxidation sites excluding steroid dienone is 3. The average Bonchev–Trinajstić information content (AvgIpc) is 3.07. The van der Waals surface area contributed by atoms with Gasteiger partial charge in [0.1, 0.15) is 17.9 Å². The Morgan fingerprint density at radius 1 is 1.31 bits per heavy atom. The van der Waals surface area contributed by atoms with Crippen LogP contribution >= 0.6 is 11.6 Å². The van der Waals surface area contributed by atoms with Crippen LogP contribution < -0.4 is 0 Å². The Balaban J connectivity index is 1.34. The third-order valence-electron chi connectivity index (χ3n) is 8.49. The first kappa shape index (κ1) is 27.7. The molecule has 0 saturated carbocycles. The third-order valence-corrected chi connectivity index (χ3v) is 8.74. The lowest BCUT2D eigenvalue weighted by Gasteiger charge is -2.43. The summed E-state index contributed by atoms with van der Waals surface area (Å²) in [5, 5.41) is 26.6. The van der Waals surface area contributed by atoms with Crippen LogP contribution in [0.15, 0.2) is 81.7 Å². The van der Waals surface area contributed by atoms with Gasteiger partial charge < -0.3 is 19.8 Å². The first-order valence-corrected chi connectivity index (χ1v) is 14.0. The van der Waals surface area contributed by atoms with Gasteiger partial charge in [-0.05, 0) is 86.2 Å². The summed E-state index contributed by atoms with van der Waals surface area (Å²) >= 11 is 6.06. The number of ether oxygens (including phenoxy) is 1. The predicted molar refractivity (Wildman–Crippen MR) is 153 cm³/mol. The molecule has 3 heterocycles. The molecule has 0 radical (unpaired) electrons. The zero-order valence-electron chi connectivity index (χ0n) is 22.4. The quantitative estimate of drug-likeness (QED) is 0.277. The van der Waals surface area contributed by atoms with Crippen LogP contribution in [-0.4, -0.2) is 65.3 Å². The molecule has 1 fully saturated rings. The van der Waals surface area contributed by atoms with Crippen molar-refractivity contribution in [3.05, 3.63) is 92.6 Å². The number of benzene rings is 1. The summed E-state index contributed by atoms with van der Waals surface area (Å²) in [4.78, 5) is 10.00. The van der Waals surface area contributed by atoms with Gasteiger partial charge in [0.15, 0.2) is 0 Å². The summed E-state index contributed by atoms with van der Waals surface area (Å²) in [6.45, 7) is 6.07. The fourth-order valence-corrected chi connectivity index (χ4v) is 6.26. The highest BCUT2D eigenvalue weighted by atomic mass is 35.5. The lowest BCUT2D eigenvalue weighted by molar-refractivity contribution is 0.00241. The molecule has 1 saturated heterocycles. The van der Waals surface area contributed by atoms with E-state index in [1.165, 1.54) is 5.57 Å². The molecule has 0 amide bonds. The second-order valence-electron chi connectivity index (χ2n) is 11.4. The van der Waals surface area contributed by atoms with Gasteiger partial charge in [-0.25, -0.2) is 0 Å². The Labute approximate surface area is 234 Å². The normalized spacial score (nSPS) is 31.8. The number of aliphatic hydroxyl groups is 2. The number of hydrogen-bond acceptors (Lipinski definition) is 6. The van der Waals surface area contributed by atoms with E-state index in [-0.39, 0.29) is 17.9 Å². The van der Waals surface area contributed by atoms with Crippen LogP contribution in [0.5, 0.6) is 0 Å². The molecule has 5 rings (SSSR count). The molecule has 1 aromatic carbocycles. The topological polar surface area (TPSA) is 114 Å². The second kappa shape index (κ2) is 11.3. The van der Waals surface area contributed by atoms with Crippen LogP contribution in [0.2, 0.25) is 5.02 Å². The van der Waals surface area contributed by atoms with E-state index in [4.69, 9.17) is 21.3 Å². The Morgan fingerprint density at radius 3 is 2.82 bits per heavy atom. The predicted octanol–water partition coefficient (Wildman–Crippen LogP) is 5.49. The van der Waals surface area contributed by atoms with Crippen LogP contribution in [0.4, 0.5) is 0 Å². The first-order chi connectivity index (χ1) is 18.7. The molecular weight excluding hydrogens is 514 g/mol. The van der Waals surface area contributed by atoms with E-state index in [0.717, 1.165) is 29.9 Å². The largest absolute Gasteiger partial charge is 0.491 e. The molecule has 8 nitrogen and oxygen atoms in total. The highest BCUT2D eigenvalue weighted by molar-refractivity contribution is 6.30. The zero-order chi connectivity index (χ0) is 27.6. The van der Waals surface area contributed by atoms with E-state index in [0.29, 0.717) is 37.6 Å². The number of azide groups is 1. The molecule has 5 atom stereocenters. The molecule has 3 aliphatic heterocycles. The van der Waals surface area contributed by atoms with Crippen molar-refractivity contribution >= 4 is 17.8 Å². The number of halogens is 1. The second-order valence-corrected chi connectivity index (χ2v) is 11.8. The summed E-state index contributed by atoms with van der Waals surface area (Å²) in [6.07, 6.45) is 13.6. The fraction of sp³-hybridized carbons (Fsp3) is 0.500. The number of aliphatic hydroxyl groups excluding tert-OH is 1. The Bertz CT molecular complexity index is 1270. The molecular formula is C30H36ClN5O3. The van der Waals surface area contributed by atoms with Crippen LogP contribution in [0.25, 0.3) is 10.4 Å². The number of piperidine rings is 1. The monoisotopic (exact) mass is 549 g/mol. The number of likely N-dealkylation sites (tertiary alicyclic amines) is 1. The minimum absolute atomic E-state index is 0.00482. The maximum absolute atomic E-state index is 11.2. The fourth-order valence-electron chi connectivity index (χ4n) is 6.13. The average molecular weight is 550 g/mol. The van der Waals surface area contributed by atoms with Crippen LogP contribution in [-0.2, 0) is 10.3 Å². The van der Waals surface area contributed by atoms with E-state index in [9.17, 15) is 15.7 Å². The molecule has 9 heteroatoms. The Hall–Kier alpha value is -2.87. The highest BCUT2D eigenvalue weighted by Crippen LogP contribution is 2.42. The van der Waals surface area contributed by atoms with E-state index in [2.05, 4.69) is 33.2 Å². The molecule has 0 bridgehead atoms. The Morgan fingerprint density at radius 2 is 2.10 bits per heavy atom. The number of β-amino-alcohol motifs (C(OH)–C–C–N with tert-alkyl or cyclic N) is 1. The molecule has 5 unspecified atom stereocenters. The SMILES string of the molecule is CC(C)(O)C1C=CC2=C(C1)/C(=C/CCN1CCC(N=[N+]=[N-])(c3ccc(Cl)cc3)C(O)C1)C1C=CC=NC1CO2. The molecule has 0 spiro atoms. The number of dihydropyridines is 1.